The lowest BCUT2D eigenvalue weighted by Gasteiger charge is -2.19. The number of fused-ring (bicyclic) bond motifs is 1. The Balaban J connectivity index is 0.00000133. The molecule has 1 amide bonds. The van der Waals surface area contributed by atoms with Crippen molar-refractivity contribution in [3.05, 3.63) is 35.6 Å². The van der Waals surface area contributed by atoms with Gasteiger partial charge < -0.3 is 0 Å². The second kappa shape index (κ2) is 5.92. The number of amides is 1. The maximum atomic E-state index is 12.8. The molecule has 6 heteroatoms. The Morgan fingerprint density at radius 2 is 2.11 bits per heavy atom. The van der Waals surface area contributed by atoms with Crippen LogP contribution in [0.4, 0.5) is 4.39 Å². The summed E-state index contributed by atoms with van der Waals surface area (Å²) >= 11 is 1.53. The molecule has 1 unspecified atom stereocenters. The fraction of sp³-hybridized carbons (Fsp3) is 0.385. The summed E-state index contributed by atoms with van der Waals surface area (Å²) in [5, 5.41) is 0.755. The maximum absolute atomic E-state index is 12.8. The van der Waals surface area contributed by atoms with Crippen LogP contribution in [-0.4, -0.2) is 34.3 Å². The highest BCUT2D eigenvalue weighted by molar-refractivity contribution is 8.15. The fourth-order valence-corrected chi connectivity index (χ4v) is 3.44. The fourth-order valence-electron chi connectivity index (χ4n) is 2.20. The Hall–Kier alpha value is -1.07. The third-order valence-electron chi connectivity index (χ3n) is 3.14. The molecule has 0 radical (unpaired) electrons. The molecular formula is C13H14ClFN2OS. The first-order valence-electron chi connectivity index (χ1n) is 6.01. The number of hydrogen-bond donors (Lipinski definition) is 0. The summed E-state index contributed by atoms with van der Waals surface area (Å²) in [4.78, 5) is 18.3. The Bertz CT molecular complexity index is 506. The van der Waals surface area contributed by atoms with Gasteiger partial charge in [0.15, 0.2) is 5.17 Å². The molecule has 1 aromatic rings. The summed E-state index contributed by atoms with van der Waals surface area (Å²) in [5.74, 6) is -0.103. The zero-order valence-electron chi connectivity index (χ0n) is 10.2. The molecule has 1 aromatic carbocycles. The third-order valence-corrected chi connectivity index (χ3v) is 4.35. The Morgan fingerprint density at radius 1 is 1.37 bits per heavy atom. The number of thioether (sulfide) groups is 1. The van der Waals surface area contributed by atoms with Crippen LogP contribution in [0.1, 0.15) is 12.0 Å². The van der Waals surface area contributed by atoms with E-state index in [1.54, 1.807) is 17.0 Å². The Morgan fingerprint density at radius 3 is 2.79 bits per heavy atom. The predicted molar refractivity (Wildman–Crippen MR) is 77.4 cm³/mol. The summed E-state index contributed by atoms with van der Waals surface area (Å²) in [6.45, 7) is 1.60. The smallest absolute Gasteiger partial charge is 0.242 e. The second-order valence-electron chi connectivity index (χ2n) is 4.44. The number of benzene rings is 1. The summed E-state index contributed by atoms with van der Waals surface area (Å²) in [7, 11) is 0. The van der Waals surface area contributed by atoms with Gasteiger partial charge in [-0.3, -0.25) is 14.7 Å². The number of carbonyl (C=O) groups excluding carboxylic acids is 1. The van der Waals surface area contributed by atoms with Gasteiger partial charge in [-0.05, 0) is 30.5 Å². The topological polar surface area (TPSA) is 32.7 Å². The minimum Gasteiger partial charge on any atom is -0.291 e. The number of aliphatic imine (C=N–C) groups is 1. The first kappa shape index (κ1) is 14.3. The van der Waals surface area contributed by atoms with E-state index in [0.717, 1.165) is 30.2 Å². The number of carbonyl (C=O) groups is 1. The van der Waals surface area contributed by atoms with Crippen molar-refractivity contribution in [3.8, 4) is 0 Å². The molecule has 0 spiro atoms. The molecule has 3 nitrogen and oxygen atoms in total. The zero-order chi connectivity index (χ0) is 12.5. The molecule has 102 valence electrons. The highest BCUT2D eigenvalue weighted by Gasteiger charge is 2.38. The largest absolute Gasteiger partial charge is 0.291 e. The molecule has 1 saturated heterocycles. The minimum absolute atomic E-state index is 0. The molecule has 1 fully saturated rings. The third kappa shape index (κ3) is 2.92. The molecule has 19 heavy (non-hydrogen) atoms. The average molecular weight is 301 g/mol. The SMILES string of the molecule is Cl.O=C1C(Cc2ccc(F)cc2)SC2=NCCCN12. The van der Waals surface area contributed by atoms with Crippen molar-refractivity contribution < 1.29 is 9.18 Å². The zero-order valence-corrected chi connectivity index (χ0v) is 11.8. The lowest BCUT2D eigenvalue weighted by atomic mass is 10.1. The van der Waals surface area contributed by atoms with Crippen LogP contribution in [0.2, 0.25) is 0 Å². The minimum atomic E-state index is -0.244. The van der Waals surface area contributed by atoms with E-state index in [4.69, 9.17) is 0 Å². The van der Waals surface area contributed by atoms with Gasteiger partial charge in [-0.25, -0.2) is 4.39 Å². The van der Waals surface area contributed by atoms with Gasteiger partial charge >= 0.3 is 0 Å². The van der Waals surface area contributed by atoms with E-state index in [9.17, 15) is 9.18 Å². The molecule has 1 atom stereocenters. The van der Waals surface area contributed by atoms with Crippen LogP contribution in [0.5, 0.6) is 0 Å². The molecule has 0 saturated carbocycles. The van der Waals surface area contributed by atoms with Crippen LogP contribution in [0.25, 0.3) is 0 Å². The van der Waals surface area contributed by atoms with Crippen molar-refractivity contribution in [2.45, 2.75) is 18.1 Å². The van der Waals surface area contributed by atoms with Gasteiger partial charge in [-0.1, -0.05) is 23.9 Å². The first-order valence-corrected chi connectivity index (χ1v) is 6.89. The number of amidine groups is 1. The number of halogens is 2. The van der Waals surface area contributed by atoms with Gasteiger partial charge in [0.1, 0.15) is 5.82 Å². The van der Waals surface area contributed by atoms with E-state index in [0.29, 0.717) is 6.42 Å². The summed E-state index contributed by atoms with van der Waals surface area (Å²) in [6.07, 6.45) is 1.58. The quantitative estimate of drug-likeness (QED) is 0.840. The molecule has 3 rings (SSSR count). The van der Waals surface area contributed by atoms with Gasteiger partial charge in [-0.15, -0.1) is 12.4 Å². The van der Waals surface area contributed by atoms with Crippen molar-refractivity contribution in [3.63, 3.8) is 0 Å². The Kier molecular flexibility index (Phi) is 4.47. The summed E-state index contributed by atoms with van der Waals surface area (Å²) < 4.78 is 12.8. The van der Waals surface area contributed by atoms with Crippen molar-refractivity contribution in [1.82, 2.24) is 4.90 Å². The van der Waals surface area contributed by atoms with Gasteiger partial charge in [0.05, 0.1) is 5.25 Å². The van der Waals surface area contributed by atoms with Crippen LogP contribution in [0.15, 0.2) is 29.3 Å². The van der Waals surface area contributed by atoms with Crippen molar-refractivity contribution in [2.75, 3.05) is 13.1 Å². The van der Waals surface area contributed by atoms with Crippen LogP contribution in [0, 0.1) is 5.82 Å². The van der Waals surface area contributed by atoms with E-state index in [2.05, 4.69) is 4.99 Å². The normalized spacial score (nSPS) is 21.7. The van der Waals surface area contributed by atoms with Crippen LogP contribution < -0.4 is 0 Å². The van der Waals surface area contributed by atoms with Crippen molar-refractivity contribution >= 4 is 35.2 Å². The molecule has 2 aliphatic heterocycles. The molecule has 0 aliphatic carbocycles. The first-order chi connectivity index (χ1) is 8.74. The van der Waals surface area contributed by atoms with E-state index >= 15 is 0 Å². The van der Waals surface area contributed by atoms with E-state index < -0.39 is 0 Å². The van der Waals surface area contributed by atoms with Crippen LogP contribution >= 0.6 is 24.2 Å². The van der Waals surface area contributed by atoms with Gasteiger partial charge in [0.2, 0.25) is 5.91 Å². The molecule has 0 bridgehead atoms. The highest BCUT2D eigenvalue weighted by Crippen LogP contribution is 2.31. The molecule has 0 aromatic heterocycles. The second-order valence-corrected chi connectivity index (χ2v) is 5.61. The number of nitrogens with zero attached hydrogens (tertiary/aromatic N) is 2. The van der Waals surface area contributed by atoms with Gasteiger partial charge in [-0.2, -0.15) is 0 Å². The predicted octanol–water partition coefficient (Wildman–Crippen LogP) is 2.49. The Labute approximate surface area is 121 Å². The lowest BCUT2D eigenvalue weighted by Crippen LogP contribution is -2.36. The van der Waals surface area contributed by atoms with Crippen molar-refractivity contribution in [2.24, 2.45) is 4.99 Å². The number of rotatable bonds is 2. The average Bonchev–Trinajstić information content (AvgIpc) is 2.70. The lowest BCUT2D eigenvalue weighted by molar-refractivity contribution is -0.126. The molecule has 2 aliphatic rings. The van der Waals surface area contributed by atoms with Gasteiger partial charge in [0, 0.05) is 13.1 Å². The highest BCUT2D eigenvalue weighted by atomic mass is 35.5. The molecule has 0 N–H and O–H groups in total. The molecular weight excluding hydrogens is 287 g/mol. The van der Waals surface area contributed by atoms with E-state index in [1.165, 1.54) is 23.9 Å². The summed E-state index contributed by atoms with van der Waals surface area (Å²) in [5.41, 5.74) is 0.989. The van der Waals surface area contributed by atoms with E-state index in [1.807, 2.05) is 0 Å². The van der Waals surface area contributed by atoms with Crippen LogP contribution in [-0.2, 0) is 11.2 Å². The molecule has 2 heterocycles. The van der Waals surface area contributed by atoms with Crippen LogP contribution in [0.3, 0.4) is 0 Å². The standard InChI is InChI=1S/C13H13FN2OS.ClH/c14-10-4-2-9(3-5-10)8-11-12(17)16-7-1-6-15-13(16)18-11;/h2-5,11H,1,6-8H2;1H. The van der Waals surface area contributed by atoms with Crippen molar-refractivity contribution in [1.29, 1.82) is 0 Å². The van der Waals surface area contributed by atoms with Gasteiger partial charge in [0.25, 0.3) is 0 Å². The van der Waals surface area contributed by atoms with E-state index in [-0.39, 0.29) is 29.4 Å². The summed E-state index contributed by atoms with van der Waals surface area (Å²) in [6, 6.07) is 6.35. The maximum Gasteiger partial charge on any atom is 0.242 e. The monoisotopic (exact) mass is 300 g/mol. The number of hydrogen-bond acceptors (Lipinski definition) is 3.